The Morgan fingerprint density at radius 2 is 1.89 bits per heavy atom. The number of likely N-dealkylation sites (tertiary alicyclic amines) is 1. The second-order valence-corrected chi connectivity index (χ2v) is 7.90. The molecule has 1 aliphatic heterocycles. The summed E-state index contributed by atoms with van der Waals surface area (Å²) in [5, 5.41) is 2.98. The van der Waals surface area contributed by atoms with Crippen LogP contribution in [0, 0.1) is 5.92 Å². The topological polar surface area (TPSA) is 75.7 Å². The van der Waals surface area contributed by atoms with Gasteiger partial charge in [-0.25, -0.2) is 0 Å². The lowest BCUT2D eigenvalue weighted by Crippen LogP contribution is -2.43. The maximum absolute atomic E-state index is 12.4. The molecule has 1 N–H and O–H groups in total. The number of nitrogens with one attached hydrogen (secondary N) is 1. The lowest BCUT2D eigenvalue weighted by atomic mass is 9.95. The van der Waals surface area contributed by atoms with Gasteiger partial charge in [0.2, 0.25) is 5.91 Å². The number of nitrogens with zero attached hydrogens (tertiary/aromatic N) is 1. The first kappa shape index (κ1) is 20.4. The van der Waals surface area contributed by atoms with Crippen LogP contribution in [0.3, 0.4) is 0 Å². The molecule has 6 nitrogen and oxygen atoms in total. The minimum Gasteiger partial charge on any atom is -0.452 e. The number of amides is 2. The molecule has 1 saturated carbocycles. The van der Waals surface area contributed by atoms with Crippen molar-refractivity contribution in [2.45, 2.75) is 64.0 Å². The summed E-state index contributed by atoms with van der Waals surface area (Å²) in [5.74, 6) is -1.22. The number of carbonyl (C=O) groups excluding carboxylic acids is 3. The van der Waals surface area contributed by atoms with Crippen molar-refractivity contribution in [1.29, 1.82) is 0 Å². The van der Waals surface area contributed by atoms with Crippen molar-refractivity contribution in [2.24, 2.45) is 5.92 Å². The largest absolute Gasteiger partial charge is 0.452 e. The molecule has 0 bridgehead atoms. The van der Waals surface area contributed by atoms with E-state index in [1.54, 1.807) is 11.8 Å². The van der Waals surface area contributed by atoms with Crippen LogP contribution in [0.1, 0.15) is 51.0 Å². The summed E-state index contributed by atoms with van der Waals surface area (Å²) in [6, 6.07) is 10.1. The second-order valence-electron chi connectivity index (χ2n) is 7.90. The van der Waals surface area contributed by atoms with E-state index in [-0.39, 0.29) is 24.3 Å². The van der Waals surface area contributed by atoms with Crippen molar-refractivity contribution in [3.05, 3.63) is 35.9 Å². The van der Waals surface area contributed by atoms with Crippen molar-refractivity contribution < 1.29 is 19.1 Å². The summed E-state index contributed by atoms with van der Waals surface area (Å²) in [6.07, 6.45) is 5.53. The van der Waals surface area contributed by atoms with Gasteiger partial charge in [0.15, 0.2) is 6.10 Å². The summed E-state index contributed by atoms with van der Waals surface area (Å²) < 4.78 is 5.37. The van der Waals surface area contributed by atoms with Crippen LogP contribution in [-0.2, 0) is 25.5 Å². The monoisotopic (exact) mass is 386 g/mol. The predicted octanol–water partition coefficient (Wildman–Crippen LogP) is 2.46. The first-order valence-electron chi connectivity index (χ1n) is 10.4. The molecule has 2 atom stereocenters. The average molecular weight is 386 g/mol. The summed E-state index contributed by atoms with van der Waals surface area (Å²) in [4.78, 5) is 38.7. The lowest BCUT2D eigenvalue weighted by Gasteiger charge is -2.24. The fraction of sp³-hybridized carbons (Fsp3) is 0.591. The Balaban J connectivity index is 1.43. The highest BCUT2D eigenvalue weighted by Crippen LogP contribution is 2.21. The molecule has 1 saturated heterocycles. The zero-order chi connectivity index (χ0) is 19.9. The number of hydrogen-bond donors (Lipinski definition) is 1. The van der Waals surface area contributed by atoms with Crippen molar-refractivity contribution >= 4 is 17.8 Å². The summed E-state index contributed by atoms with van der Waals surface area (Å²) in [5.41, 5.74) is 1.16. The molecule has 0 aromatic heterocycles. The third kappa shape index (κ3) is 5.57. The number of esters is 1. The third-order valence-corrected chi connectivity index (χ3v) is 5.67. The van der Waals surface area contributed by atoms with Crippen molar-refractivity contribution in [1.82, 2.24) is 10.2 Å². The zero-order valence-electron chi connectivity index (χ0n) is 16.6. The molecule has 1 aromatic carbocycles. The van der Waals surface area contributed by atoms with E-state index in [1.165, 1.54) is 6.42 Å². The molecule has 2 amide bonds. The molecular weight excluding hydrogens is 356 g/mol. The van der Waals surface area contributed by atoms with Gasteiger partial charge in [-0.3, -0.25) is 14.4 Å². The zero-order valence-corrected chi connectivity index (χ0v) is 16.6. The van der Waals surface area contributed by atoms with E-state index < -0.39 is 18.0 Å². The lowest BCUT2D eigenvalue weighted by molar-refractivity contribution is -0.158. The van der Waals surface area contributed by atoms with Crippen LogP contribution in [0.15, 0.2) is 30.3 Å². The molecule has 3 rings (SSSR count). The van der Waals surface area contributed by atoms with Gasteiger partial charge in [0, 0.05) is 25.6 Å². The molecule has 0 spiro atoms. The van der Waals surface area contributed by atoms with Crippen LogP contribution in [0.5, 0.6) is 0 Å². The minimum atomic E-state index is -0.831. The number of carbonyl (C=O) groups is 3. The van der Waals surface area contributed by atoms with Gasteiger partial charge < -0.3 is 15.0 Å². The Bertz CT molecular complexity index is 685. The fourth-order valence-electron chi connectivity index (χ4n) is 3.94. The first-order chi connectivity index (χ1) is 13.5. The quantitative estimate of drug-likeness (QED) is 0.731. The van der Waals surface area contributed by atoms with Crippen LogP contribution in [0.2, 0.25) is 0 Å². The molecule has 0 unspecified atom stereocenters. The average Bonchev–Trinajstić information content (AvgIpc) is 3.08. The molecule has 152 valence electrons. The molecule has 2 aliphatic rings. The number of ether oxygens (including phenoxy) is 1. The maximum atomic E-state index is 12.4. The molecule has 2 fully saturated rings. The van der Waals surface area contributed by atoms with E-state index in [0.29, 0.717) is 13.1 Å². The minimum absolute atomic E-state index is 0.0304. The van der Waals surface area contributed by atoms with Gasteiger partial charge in [0.1, 0.15) is 0 Å². The standard InChI is InChI=1S/C22H30N2O4/c1-16(21(26)23-19-10-6-3-7-11-19)28-22(27)18-14-20(25)24(15-18)13-12-17-8-4-2-5-9-17/h2,4-5,8-9,16,18-19H,3,6-7,10-15H2,1H3,(H,23,26)/t16-,18-/m1/s1. The number of rotatable bonds is 7. The van der Waals surface area contributed by atoms with E-state index in [4.69, 9.17) is 4.74 Å². The van der Waals surface area contributed by atoms with Gasteiger partial charge in [0.05, 0.1) is 5.92 Å². The molecule has 6 heteroatoms. The van der Waals surface area contributed by atoms with Gasteiger partial charge in [-0.15, -0.1) is 0 Å². The van der Waals surface area contributed by atoms with Crippen LogP contribution < -0.4 is 5.32 Å². The molecule has 0 radical (unpaired) electrons. The first-order valence-corrected chi connectivity index (χ1v) is 10.4. The Morgan fingerprint density at radius 3 is 2.61 bits per heavy atom. The third-order valence-electron chi connectivity index (χ3n) is 5.67. The Kier molecular flexibility index (Phi) is 7.06. The van der Waals surface area contributed by atoms with Crippen LogP contribution in [-0.4, -0.2) is 47.9 Å². The van der Waals surface area contributed by atoms with Gasteiger partial charge in [-0.1, -0.05) is 49.6 Å². The van der Waals surface area contributed by atoms with E-state index in [1.807, 2.05) is 30.3 Å². The number of benzene rings is 1. The Labute approximate surface area is 166 Å². The Morgan fingerprint density at radius 1 is 1.18 bits per heavy atom. The SMILES string of the molecule is C[C@@H](OC(=O)[C@@H]1CC(=O)N(CCc2ccccc2)C1)C(=O)NC1CCCCC1. The van der Waals surface area contributed by atoms with Crippen molar-refractivity contribution in [3.63, 3.8) is 0 Å². The fourth-order valence-corrected chi connectivity index (χ4v) is 3.94. The molecule has 1 aromatic rings. The summed E-state index contributed by atoms with van der Waals surface area (Å²) >= 11 is 0. The van der Waals surface area contributed by atoms with Crippen LogP contribution >= 0.6 is 0 Å². The van der Waals surface area contributed by atoms with Crippen molar-refractivity contribution in [2.75, 3.05) is 13.1 Å². The highest BCUT2D eigenvalue weighted by atomic mass is 16.5. The summed E-state index contributed by atoms with van der Waals surface area (Å²) in [6.45, 7) is 2.55. The summed E-state index contributed by atoms with van der Waals surface area (Å²) in [7, 11) is 0. The van der Waals surface area contributed by atoms with Gasteiger partial charge >= 0.3 is 5.97 Å². The normalized spacial score (nSPS) is 21.4. The smallest absolute Gasteiger partial charge is 0.312 e. The van der Waals surface area contributed by atoms with Crippen LogP contribution in [0.25, 0.3) is 0 Å². The predicted molar refractivity (Wildman–Crippen MR) is 105 cm³/mol. The van der Waals surface area contributed by atoms with Crippen LogP contribution in [0.4, 0.5) is 0 Å². The highest BCUT2D eigenvalue weighted by Gasteiger charge is 2.36. The molecular formula is C22H30N2O4. The molecule has 28 heavy (non-hydrogen) atoms. The Hall–Kier alpha value is -2.37. The highest BCUT2D eigenvalue weighted by molar-refractivity contribution is 5.89. The van der Waals surface area contributed by atoms with E-state index in [2.05, 4.69) is 5.32 Å². The molecule has 1 heterocycles. The maximum Gasteiger partial charge on any atom is 0.312 e. The number of hydrogen-bond acceptors (Lipinski definition) is 4. The van der Waals surface area contributed by atoms with Gasteiger partial charge in [-0.05, 0) is 31.7 Å². The van der Waals surface area contributed by atoms with Gasteiger partial charge in [-0.2, -0.15) is 0 Å². The van der Waals surface area contributed by atoms with E-state index in [0.717, 1.165) is 37.7 Å². The van der Waals surface area contributed by atoms with E-state index in [9.17, 15) is 14.4 Å². The van der Waals surface area contributed by atoms with Gasteiger partial charge in [0.25, 0.3) is 5.91 Å². The van der Waals surface area contributed by atoms with E-state index >= 15 is 0 Å². The second kappa shape index (κ2) is 9.71. The van der Waals surface area contributed by atoms with Crippen molar-refractivity contribution in [3.8, 4) is 0 Å². The molecule has 1 aliphatic carbocycles.